The van der Waals surface area contributed by atoms with Crippen molar-refractivity contribution in [3.63, 3.8) is 0 Å². The lowest BCUT2D eigenvalue weighted by atomic mass is 9.94. The molecule has 2 aliphatic heterocycles. The first-order valence-corrected chi connectivity index (χ1v) is 9.33. The smallest absolute Gasteiger partial charge is 0.338 e. The number of nitro benzene ring substituents is 1. The van der Waals surface area contributed by atoms with Gasteiger partial charge in [-0.05, 0) is 33.3 Å². The average Bonchev–Trinajstić information content (AvgIpc) is 2.86. The van der Waals surface area contributed by atoms with Crippen molar-refractivity contribution in [2.75, 3.05) is 0 Å². The number of non-ortho nitro benzene ring substituents is 1. The summed E-state index contributed by atoms with van der Waals surface area (Å²) in [6.45, 7) is 6.90. The normalized spacial score (nSPS) is 22.0. The van der Waals surface area contributed by atoms with E-state index in [2.05, 4.69) is 4.99 Å². The lowest BCUT2D eigenvalue weighted by Gasteiger charge is -2.33. The van der Waals surface area contributed by atoms with Crippen LogP contribution >= 0.6 is 11.8 Å². The molecule has 2 atom stereocenters. The van der Waals surface area contributed by atoms with Crippen molar-refractivity contribution in [2.24, 2.45) is 4.99 Å². The molecule has 142 valence electrons. The minimum absolute atomic E-state index is 0.113. The molecule has 0 bridgehead atoms. The summed E-state index contributed by atoms with van der Waals surface area (Å²) in [5, 5.41) is 11.3. The van der Waals surface area contributed by atoms with E-state index in [4.69, 9.17) is 4.74 Å². The van der Waals surface area contributed by atoms with Crippen molar-refractivity contribution >= 4 is 34.5 Å². The summed E-state index contributed by atoms with van der Waals surface area (Å²) < 4.78 is 5.36. The fraction of sp³-hybridized carbons (Fsp3) is 0.389. The number of amides is 1. The minimum Gasteiger partial charge on any atom is -0.459 e. The first-order chi connectivity index (χ1) is 12.7. The summed E-state index contributed by atoms with van der Waals surface area (Å²) in [4.78, 5) is 42.1. The number of fused-ring (bicyclic) bond motifs is 1. The van der Waals surface area contributed by atoms with Gasteiger partial charge in [-0.1, -0.05) is 23.9 Å². The van der Waals surface area contributed by atoms with Gasteiger partial charge in [-0.2, -0.15) is 0 Å². The zero-order valence-electron chi connectivity index (χ0n) is 15.3. The Kier molecular flexibility index (Phi) is 5.05. The number of esters is 1. The van der Waals surface area contributed by atoms with E-state index in [0.29, 0.717) is 16.4 Å². The van der Waals surface area contributed by atoms with E-state index in [0.717, 1.165) is 0 Å². The van der Waals surface area contributed by atoms with Crippen LogP contribution in [-0.2, 0) is 14.3 Å². The number of aliphatic imine (C=N–C) groups is 1. The predicted molar refractivity (Wildman–Crippen MR) is 101 cm³/mol. The molecule has 2 heterocycles. The fourth-order valence-corrected chi connectivity index (χ4v) is 4.09. The highest BCUT2D eigenvalue weighted by molar-refractivity contribution is 8.15. The second kappa shape index (κ2) is 7.15. The number of hydrogen-bond acceptors (Lipinski definition) is 7. The van der Waals surface area contributed by atoms with E-state index >= 15 is 0 Å². The maximum Gasteiger partial charge on any atom is 0.338 e. The van der Waals surface area contributed by atoms with Gasteiger partial charge in [-0.25, -0.2) is 9.79 Å². The highest BCUT2D eigenvalue weighted by Gasteiger charge is 2.46. The van der Waals surface area contributed by atoms with Gasteiger partial charge in [0.15, 0.2) is 5.17 Å². The maximum absolute atomic E-state index is 12.8. The van der Waals surface area contributed by atoms with E-state index in [9.17, 15) is 19.7 Å². The molecule has 1 amide bonds. The van der Waals surface area contributed by atoms with Crippen molar-refractivity contribution in [1.29, 1.82) is 0 Å². The second-order valence-corrected chi connectivity index (χ2v) is 7.88. The Morgan fingerprint density at radius 2 is 2.11 bits per heavy atom. The van der Waals surface area contributed by atoms with Crippen LogP contribution in [0.15, 0.2) is 40.5 Å². The van der Waals surface area contributed by atoms with Crippen LogP contribution in [-0.4, -0.2) is 38.2 Å². The molecule has 0 radical (unpaired) electrons. The molecule has 3 rings (SSSR count). The quantitative estimate of drug-likeness (QED) is 0.445. The average molecular weight is 389 g/mol. The number of nitrogens with zero attached hydrogens (tertiary/aromatic N) is 3. The van der Waals surface area contributed by atoms with E-state index in [1.807, 2.05) is 0 Å². The summed E-state index contributed by atoms with van der Waals surface area (Å²) in [5.74, 6) is -0.781. The third-order valence-electron chi connectivity index (χ3n) is 4.22. The first-order valence-electron chi connectivity index (χ1n) is 8.45. The van der Waals surface area contributed by atoms with Crippen LogP contribution in [0, 0.1) is 10.1 Å². The first kappa shape index (κ1) is 19.1. The van der Waals surface area contributed by atoms with Crippen LogP contribution < -0.4 is 0 Å². The van der Waals surface area contributed by atoms with Crippen molar-refractivity contribution in [3.8, 4) is 0 Å². The number of thioether (sulfide) groups is 1. The fourth-order valence-electron chi connectivity index (χ4n) is 3.07. The molecule has 0 spiro atoms. The Morgan fingerprint density at radius 1 is 1.41 bits per heavy atom. The predicted octanol–water partition coefficient (Wildman–Crippen LogP) is 3.20. The standard InChI is InChI=1S/C18H19N3O5S/c1-9(2)26-17(23)14-10(3)19-18-20(16(22)11(4)27-18)15(14)12-6-5-7-13(8-12)21(24)25/h5-9,11,15H,1-4H3/t11-,15+/m0/s1. The molecular formula is C18H19N3O5S. The van der Waals surface area contributed by atoms with Crippen molar-refractivity contribution in [2.45, 2.75) is 45.1 Å². The molecule has 8 nitrogen and oxygen atoms in total. The van der Waals surface area contributed by atoms with Crippen molar-refractivity contribution in [1.82, 2.24) is 4.90 Å². The van der Waals surface area contributed by atoms with Crippen LogP contribution in [0.2, 0.25) is 0 Å². The molecule has 0 aromatic heterocycles. The van der Waals surface area contributed by atoms with Crippen LogP contribution in [0.25, 0.3) is 0 Å². The van der Waals surface area contributed by atoms with Gasteiger partial charge in [0.25, 0.3) is 5.69 Å². The minimum atomic E-state index is -0.811. The number of nitro groups is 1. The molecule has 9 heteroatoms. The molecular weight excluding hydrogens is 370 g/mol. The van der Waals surface area contributed by atoms with Crippen molar-refractivity contribution < 1.29 is 19.2 Å². The van der Waals surface area contributed by atoms with Crippen molar-refractivity contribution in [3.05, 3.63) is 51.2 Å². The largest absolute Gasteiger partial charge is 0.459 e. The van der Waals surface area contributed by atoms with Gasteiger partial charge in [-0.15, -0.1) is 0 Å². The number of amidine groups is 1. The molecule has 1 aromatic rings. The molecule has 0 unspecified atom stereocenters. The number of hydrogen-bond donors (Lipinski definition) is 0. The zero-order valence-corrected chi connectivity index (χ0v) is 16.1. The van der Waals surface area contributed by atoms with E-state index < -0.39 is 16.9 Å². The number of rotatable bonds is 4. The van der Waals surface area contributed by atoms with Gasteiger partial charge < -0.3 is 4.74 Å². The Balaban J connectivity index is 2.16. The van der Waals surface area contributed by atoms with Crippen LogP contribution in [0.5, 0.6) is 0 Å². The van der Waals surface area contributed by atoms with Gasteiger partial charge in [0.05, 0.1) is 33.6 Å². The molecule has 0 N–H and O–H groups in total. The van der Waals surface area contributed by atoms with Crippen LogP contribution in [0.1, 0.15) is 39.3 Å². The SMILES string of the molecule is CC1=C(C(=O)OC(C)C)[C@@H](c2cccc([N+](=O)[O-])c2)N2C(=O)[C@H](C)SC2=N1. The summed E-state index contributed by atoms with van der Waals surface area (Å²) in [7, 11) is 0. The summed E-state index contributed by atoms with van der Waals surface area (Å²) in [6, 6.07) is 5.14. The summed E-state index contributed by atoms with van der Waals surface area (Å²) in [5.41, 5.74) is 1.02. The van der Waals surface area contributed by atoms with Crippen LogP contribution in [0.3, 0.4) is 0 Å². The molecule has 27 heavy (non-hydrogen) atoms. The Morgan fingerprint density at radius 3 is 2.74 bits per heavy atom. The Hall–Kier alpha value is -2.68. The lowest BCUT2D eigenvalue weighted by Crippen LogP contribution is -2.40. The van der Waals surface area contributed by atoms with E-state index in [1.165, 1.54) is 34.9 Å². The third kappa shape index (κ3) is 3.46. The van der Waals surface area contributed by atoms with E-state index in [1.54, 1.807) is 33.8 Å². The van der Waals surface area contributed by atoms with Gasteiger partial charge in [0.2, 0.25) is 5.91 Å². The molecule has 2 aliphatic rings. The molecule has 0 aliphatic carbocycles. The molecule has 1 fully saturated rings. The third-order valence-corrected chi connectivity index (χ3v) is 5.27. The number of benzene rings is 1. The highest BCUT2D eigenvalue weighted by Crippen LogP contribution is 2.43. The Bertz CT molecular complexity index is 893. The molecule has 1 aromatic carbocycles. The second-order valence-electron chi connectivity index (χ2n) is 6.57. The lowest BCUT2D eigenvalue weighted by molar-refractivity contribution is -0.384. The van der Waals surface area contributed by atoms with Gasteiger partial charge in [0.1, 0.15) is 0 Å². The van der Waals surface area contributed by atoms with Gasteiger partial charge >= 0.3 is 5.97 Å². The maximum atomic E-state index is 12.8. The monoisotopic (exact) mass is 389 g/mol. The topological polar surface area (TPSA) is 102 Å². The zero-order chi connectivity index (χ0) is 19.9. The molecule has 1 saturated heterocycles. The molecule has 0 saturated carbocycles. The summed E-state index contributed by atoms with van der Waals surface area (Å²) >= 11 is 1.30. The number of ether oxygens (including phenoxy) is 1. The number of allylic oxidation sites excluding steroid dienone is 1. The van der Waals surface area contributed by atoms with Gasteiger partial charge in [0, 0.05) is 12.1 Å². The summed E-state index contributed by atoms with van der Waals surface area (Å²) in [6.07, 6.45) is -0.350. The van der Waals surface area contributed by atoms with Gasteiger partial charge in [-0.3, -0.25) is 19.8 Å². The number of carbonyl (C=O) groups excluding carboxylic acids is 2. The van der Waals surface area contributed by atoms with E-state index in [-0.39, 0.29) is 28.5 Å². The highest BCUT2D eigenvalue weighted by atomic mass is 32.2. The van der Waals surface area contributed by atoms with Crippen LogP contribution in [0.4, 0.5) is 5.69 Å². The number of carbonyl (C=O) groups is 2. The Labute approximate surface area is 160 Å².